The van der Waals surface area contributed by atoms with Crippen molar-refractivity contribution in [1.82, 2.24) is 30.2 Å². The zero-order valence-electron chi connectivity index (χ0n) is 22.7. The lowest BCUT2D eigenvalue weighted by atomic mass is 9.92. The summed E-state index contributed by atoms with van der Waals surface area (Å²) in [5.41, 5.74) is 12.0. The van der Waals surface area contributed by atoms with Crippen molar-refractivity contribution in [2.24, 2.45) is 0 Å². The van der Waals surface area contributed by atoms with Crippen LogP contribution in [0.15, 0.2) is 77.4 Å². The standard InChI is InChI=1S/C33H30N6O/c1-3-7-32-34-33-21(2)16-25(30-10-6-15-40-30)18-29(33)39(32)20-22-11-14-27-24(17-22)13-12-23-8-4-5-9-26(23)28(27)19-31-35-37-38-36-31/h4-6,8-11,14-19H,3,7,12-13,20H2,1-2H3,(H,35,36,37,38). The molecule has 0 spiro atoms. The molecule has 0 bridgehead atoms. The molecule has 3 aromatic carbocycles. The number of aromatic amines is 1. The van der Waals surface area contributed by atoms with E-state index in [1.165, 1.54) is 27.8 Å². The van der Waals surface area contributed by atoms with Gasteiger partial charge in [-0.1, -0.05) is 49.4 Å². The van der Waals surface area contributed by atoms with Gasteiger partial charge in [-0.15, -0.1) is 10.2 Å². The summed E-state index contributed by atoms with van der Waals surface area (Å²) >= 11 is 0. The summed E-state index contributed by atoms with van der Waals surface area (Å²) in [7, 11) is 0. The van der Waals surface area contributed by atoms with Crippen LogP contribution < -0.4 is 0 Å². The highest BCUT2D eigenvalue weighted by Crippen LogP contribution is 2.36. The zero-order chi connectivity index (χ0) is 27.1. The van der Waals surface area contributed by atoms with Crippen LogP contribution in [0.25, 0.3) is 34.0 Å². The maximum absolute atomic E-state index is 5.73. The van der Waals surface area contributed by atoms with E-state index in [9.17, 15) is 0 Å². The maximum Gasteiger partial charge on any atom is 0.198 e. The highest BCUT2D eigenvalue weighted by Gasteiger charge is 2.20. The van der Waals surface area contributed by atoms with Gasteiger partial charge in [-0.2, -0.15) is 5.21 Å². The summed E-state index contributed by atoms with van der Waals surface area (Å²) < 4.78 is 8.12. The second kappa shape index (κ2) is 10.1. The quantitative estimate of drug-likeness (QED) is 0.258. The summed E-state index contributed by atoms with van der Waals surface area (Å²) in [5, 5.41) is 14.7. The van der Waals surface area contributed by atoms with E-state index >= 15 is 0 Å². The molecular formula is C33H30N6O. The Bertz CT molecular complexity index is 1840. The minimum absolute atomic E-state index is 0.582. The second-order valence-corrected chi connectivity index (χ2v) is 10.5. The third-order valence-electron chi connectivity index (χ3n) is 7.81. The molecule has 0 fully saturated rings. The Morgan fingerprint density at radius 3 is 2.67 bits per heavy atom. The molecule has 0 aliphatic heterocycles. The average Bonchev–Trinajstić information content (AvgIpc) is 3.73. The highest BCUT2D eigenvalue weighted by atomic mass is 16.3. The van der Waals surface area contributed by atoms with Crippen molar-refractivity contribution < 1.29 is 4.42 Å². The van der Waals surface area contributed by atoms with Crippen LogP contribution in [0, 0.1) is 6.92 Å². The Balaban J connectivity index is 1.33. The molecule has 0 saturated heterocycles. The third-order valence-corrected chi connectivity index (χ3v) is 7.81. The minimum Gasteiger partial charge on any atom is -0.464 e. The lowest BCUT2D eigenvalue weighted by Crippen LogP contribution is -2.06. The molecular weight excluding hydrogens is 496 g/mol. The highest BCUT2D eigenvalue weighted by molar-refractivity contribution is 5.93. The van der Waals surface area contributed by atoms with Gasteiger partial charge in [0, 0.05) is 18.5 Å². The number of nitrogens with zero attached hydrogens (tertiary/aromatic N) is 5. The predicted octanol–water partition coefficient (Wildman–Crippen LogP) is 6.81. The monoisotopic (exact) mass is 526 g/mol. The van der Waals surface area contributed by atoms with Crippen molar-refractivity contribution in [3.05, 3.63) is 118 Å². The number of hydrogen-bond acceptors (Lipinski definition) is 5. The Hall–Kier alpha value is -4.78. The largest absolute Gasteiger partial charge is 0.464 e. The van der Waals surface area contributed by atoms with E-state index in [1.54, 1.807) is 6.26 Å². The summed E-state index contributed by atoms with van der Waals surface area (Å²) in [6.07, 6.45) is 7.69. The van der Waals surface area contributed by atoms with Crippen molar-refractivity contribution in [2.75, 3.05) is 0 Å². The van der Waals surface area contributed by atoms with Gasteiger partial charge >= 0.3 is 0 Å². The van der Waals surface area contributed by atoms with Crippen molar-refractivity contribution in [3.63, 3.8) is 0 Å². The number of fused-ring (bicyclic) bond motifs is 3. The Labute approximate surface area is 232 Å². The molecule has 3 heterocycles. The number of nitrogens with one attached hydrogen (secondary N) is 1. The van der Waals surface area contributed by atoms with Crippen LogP contribution in [0.5, 0.6) is 0 Å². The van der Waals surface area contributed by atoms with E-state index in [-0.39, 0.29) is 0 Å². The first-order valence-electron chi connectivity index (χ1n) is 13.9. The van der Waals surface area contributed by atoms with Gasteiger partial charge in [0.25, 0.3) is 0 Å². The Morgan fingerprint density at radius 1 is 0.975 bits per heavy atom. The molecule has 7 nitrogen and oxygen atoms in total. The molecule has 7 rings (SSSR count). The van der Waals surface area contributed by atoms with Gasteiger partial charge in [0.1, 0.15) is 11.6 Å². The van der Waals surface area contributed by atoms with Crippen molar-refractivity contribution in [3.8, 4) is 11.3 Å². The average molecular weight is 527 g/mol. The number of H-pyrrole nitrogens is 1. The van der Waals surface area contributed by atoms with E-state index in [1.807, 2.05) is 18.2 Å². The molecule has 1 aliphatic carbocycles. The predicted molar refractivity (Wildman–Crippen MR) is 157 cm³/mol. The molecule has 0 saturated carbocycles. The number of tetrazole rings is 1. The van der Waals surface area contributed by atoms with Gasteiger partial charge < -0.3 is 8.98 Å². The minimum atomic E-state index is 0.582. The Kier molecular flexibility index (Phi) is 6.11. The van der Waals surface area contributed by atoms with E-state index < -0.39 is 0 Å². The third kappa shape index (κ3) is 4.33. The summed E-state index contributed by atoms with van der Waals surface area (Å²) in [6, 6.07) is 23.9. The first-order valence-corrected chi connectivity index (χ1v) is 13.9. The van der Waals surface area contributed by atoms with Gasteiger partial charge in [-0.05, 0) is 101 Å². The maximum atomic E-state index is 5.73. The van der Waals surface area contributed by atoms with E-state index in [0.29, 0.717) is 5.82 Å². The molecule has 1 N–H and O–H groups in total. The molecule has 7 heteroatoms. The van der Waals surface area contributed by atoms with Gasteiger partial charge in [-0.3, -0.25) is 0 Å². The lowest BCUT2D eigenvalue weighted by Gasteiger charge is -2.15. The molecule has 3 aromatic heterocycles. The molecule has 0 radical (unpaired) electrons. The molecule has 0 amide bonds. The van der Waals surface area contributed by atoms with Crippen LogP contribution in [-0.4, -0.2) is 30.2 Å². The lowest BCUT2D eigenvalue weighted by molar-refractivity contribution is 0.582. The number of aryl methyl sites for hydroxylation is 4. The summed E-state index contributed by atoms with van der Waals surface area (Å²) in [4.78, 5) is 5.10. The number of aromatic nitrogens is 6. The van der Waals surface area contributed by atoms with Gasteiger partial charge in [-0.25, -0.2) is 4.98 Å². The zero-order valence-corrected chi connectivity index (χ0v) is 22.7. The first-order chi connectivity index (χ1) is 19.7. The molecule has 6 aromatic rings. The SMILES string of the molecule is CCCc1nc2c(C)cc(-c3ccco3)cc2n1Cc1ccc2c(c1)CCc1ccccc1C2=Cc1nn[nH]n1. The van der Waals surface area contributed by atoms with Crippen LogP contribution in [0.3, 0.4) is 0 Å². The fraction of sp³-hybridized carbons (Fsp3) is 0.212. The smallest absolute Gasteiger partial charge is 0.198 e. The van der Waals surface area contributed by atoms with Crippen molar-refractivity contribution in [1.29, 1.82) is 0 Å². The number of hydrogen-bond donors (Lipinski definition) is 1. The van der Waals surface area contributed by atoms with E-state index in [4.69, 9.17) is 9.40 Å². The van der Waals surface area contributed by atoms with Crippen LogP contribution in [0.1, 0.15) is 58.4 Å². The summed E-state index contributed by atoms with van der Waals surface area (Å²) in [5.74, 6) is 2.58. The van der Waals surface area contributed by atoms with E-state index in [2.05, 4.69) is 93.6 Å². The molecule has 198 valence electrons. The fourth-order valence-corrected chi connectivity index (χ4v) is 5.94. The van der Waals surface area contributed by atoms with Crippen LogP contribution >= 0.6 is 0 Å². The Morgan fingerprint density at radius 2 is 1.85 bits per heavy atom. The van der Waals surface area contributed by atoms with Crippen LogP contribution in [0.2, 0.25) is 0 Å². The van der Waals surface area contributed by atoms with Crippen LogP contribution in [-0.2, 0) is 25.8 Å². The number of rotatable bonds is 6. The normalized spacial score (nSPS) is 13.9. The summed E-state index contributed by atoms with van der Waals surface area (Å²) in [6.45, 7) is 5.11. The molecule has 1 aliphatic rings. The van der Waals surface area contributed by atoms with Gasteiger partial charge in [0.2, 0.25) is 0 Å². The van der Waals surface area contributed by atoms with Gasteiger partial charge in [0.15, 0.2) is 5.82 Å². The van der Waals surface area contributed by atoms with Gasteiger partial charge in [0.05, 0.1) is 17.3 Å². The first kappa shape index (κ1) is 24.3. The van der Waals surface area contributed by atoms with Crippen LogP contribution in [0.4, 0.5) is 0 Å². The van der Waals surface area contributed by atoms with Crippen molar-refractivity contribution >= 4 is 22.7 Å². The molecule has 0 unspecified atom stereocenters. The second-order valence-electron chi connectivity index (χ2n) is 10.5. The fourth-order valence-electron chi connectivity index (χ4n) is 5.94. The number of benzene rings is 3. The number of imidazole rings is 1. The number of furan rings is 1. The van der Waals surface area contributed by atoms with Crippen molar-refractivity contribution in [2.45, 2.75) is 46.1 Å². The molecule has 0 atom stereocenters. The van der Waals surface area contributed by atoms with E-state index in [0.717, 1.165) is 71.5 Å². The molecule has 40 heavy (non-hydrogen) atoms. The topological polar surface area (TPSA) is 85.4 Å².